The van der Waals surface area contributed by atoms with Gasteiger partial charge in [0.15, 0.2) is 0 Å². The summed E-state index contributed by atoms with van der Waals surface area (Å²) in [5, 5.41) is 8.70. The van der Waals surface area contributed by atoms with Crippen molar-refractivity contribution in [1.82, 2.24) is 10.4 Å². The summed E-state index contributed by atoms with van der Waals surface area (Å²) in [5.41, 5.74) is -1.19. The summed E-state index contributed by atoms with van der Waals surface area (Å²) in [6, 6.07) is 6.14. The highest BCUT2D eigenvalue weighted by Crippen LogP contribution is 2.36. The van der Waals surface area contributed by atoms with Crippen LogP contribution in [0.15, 0.2) is 42.5 Å². The lowest BCUT2D eigenvalue weighted by molar-refractivity contribution is -0.143. The van der Waals surface area contributed by atoms with Crippen LogP contribution in [-0.2, 0) is 28.5 Å². The SMILES string of the molecule is CC(C(=O)N(C)C(C)C(=O)NO)c1ccc(OCc2cc(C(F)(F)F)cc(C(F)(F)F)c2)cc1. The highest BCUT2D eigenvalue weighted by Gasteiger charge is 2.37. The molecule has 2 atom stereocenters. The van der Waals surface area contributed by atoms with Crippen LogP contribution < -0.4 is 10.2 Å². The van der Waals surface area contributed by atoms with Crippen LogP contribution in [0.3, 0.4) is 0 Å². The van der Waals surface area contributed by atoms with Crippen molar-refractivity contribution in [2.45, 2.75) is 44.8 Å². The lowest BCUT2D eigenvalue weighted by Crippen LogP contribution is -2.46. The van der Waals surface area contributed by atoms with Gasteiger partial charge in [-0.2, -0.15) is 26.3 Å². The number of hydrogen-bond donors (Lipinski definition) is 2. The molecule has 0 aliphatic carbocycles. The Morgan fingerprint density at radius 1 is 0.971 bits per heavy atom. The van der Waals surface area contributed by atoms with Crippen molar-refractivity contribution in [3.63, 3.8) is 0 Å². The maximum Gasteiger partial charge on any atom is 0.416 e. The molecule has 0 aromatic heterocycles. The van der Waals surface area contributed by atoms with E-state index in [4.69, 9.17) is 9.94 Å². The molecule has 0 aliphatic rings. The largest absolute Gasteiger partial charge is 0.489 e. The molecule has 0 saturated heterocycles. The van der Waals surface area contributed by atoms with E-state index in [0.29, 0.717) is 17.7 Å². The number of hydrogen-bond acceptors (Lipinski definition) is 4. The smallest absolute Gasteiger partial charge is 0.416 e. The lowest BCUT2D eigenvalue weighted by Gasteiger charge is -2.26. The van der Waals surface area contributed by atoms with Crippen molar-refractivity contribution >= 4 is 11.8 Å². The Balaban J connectivity index is 2.13. The van der Waals surface area contributed by atoms with Crippen molar-refractivity contribution in [3.05, 3.63) is 64.7 Å². The predicted octanol–water partition coefficient (Wildman–Crippen LogP) is 4.76. The standard InChI is InChI=1S/C22H22F6N2O4/c1-12(20(32)30(3)13(2)19(31)29-33)15-4-6-18(7-5-15)34-11-14-8-16(21(23,24)25)10-17(9-14)22(26,27)28/h4-10,12-13,33H,11H2,1-3H3,(H,29,31). The summed E-state index contributed by atoms with van der Waals surface area (Å²) < 4.78 is 83.2. The van der Waals surface area contributed by atoms with Gasteiger partial charge >= 0.3 is 12.4 Å². The van der Waals surface area contributed by atoms with Crippen LogP contribution >= 0.6 is 0 Å². The summed E-state index contributed by atoms with van der Waals surface area (Å²) in [6.07, 6.45) is -9.91. The Morgan fingerprint density at radius 3 is 1.91 bits per heavy atom. The summed E-state index contributed by atoms with van der Waals surface area (Å²) in [6.45, 7) is 2.46. The normalized spacial score (nSPS) is 13.7. The summed E-state index contributed by atoms with van der Waals surface area (Å²) in [5.74, 6) is -1.72. The molecule has 34 heavy (non-hydrogen) atoms. The van der Waals surface area contributed by atoms with Crippen LogP contribution in [0.4, 0.5) is 26.3 Å². The molecule has 0 aliphatic heterocycles. The highest BCUT2D eigenvalue weighted by atomic mass is 19.4. The van der Waals surface area contributed by atoms with Gasteiger partial charge in [-0.05, 0) is 55.3 Å². The number of hydroxylamine groups is 1. The van der Waals surface area contributed by atoms with E-state index in [9.17, 15) is 35.9 Å². The third-order valence-corrected chi connectivity index (χ3v) is 5.22. The van der Waals surface area contributed by atoms with E-state index in [2.05, 4.69) is 0 Å². The van der Waals surface area contributed by atoms with Crippen LogP contribution in [-0.4, -0.2) is 35.0 Å². The number of nitrogens with one attached hydrogen (secondary N) is 1. The number of rotatable bonds is 7. The third-order valence-electron chi connectivity index (χ3n) is 5.22. The minimum Gasteiger partial charge on any atom is -0.489 e. The van der Waals surface area contributed by atoms with Gasteiger partial charge in [0.05, 0.1) is 17.0 Å². The Kier molecular flexibility index (Phi) is 8.19. The second kappa shape index (κ2) is 10.3. The minimum absolute atomic E-state index is 0.0404. The number of carbonyl (C=O) groups is 2. The first-order valence-electron chi connectivity index (χ1n) is 9.87. The van der Waals surface area contributed by atoms with E-state index in [1.807, 2.05) is 0 Å². The average Bonchev–Trinajstić information content (AvgIpc) is 2.79. The molecule has 0 radical (unpaired) electrons. The molecular weight excluding hydrogens is 470 g/mol. The van der Waals surface area contributed by atoms with Crippen LogP contribution in [0.5, 0.6) is 5.75 Å². The molecule has 2 aromatic rings. The van der Waals surface area contributed by atoms with Crippen molar-refractivity contribution in [3.8, 4) is 5.75 Å². The maximum absolute atomic E-state index is 13.0. The van der Waals surface area contributed by atoms with E-state index >= 15 is 0 Å². The molecule has 6 nitrogen and oxygen atoms in total. The third kappa shape index (κ3) is 6.62. The van der Waals surface area contributed by atoms with E-state index in [-0.39, 0.29) is 17.4 Å². The van der Waals surface area contributed by atoms with Gasteiger partial charge < -0.3 is 9.64 Å². The number of ether oxygens (including phenoxy) is 1. The van der Waals surface area contributed by atoms with Crippen LogP contribution in [0.1, 0.15) is 42.0 Å². The molecule has 0 bridgehead atoms. The fourth-order valence-corrected chi connectivity index (χ4v) is 3.03. The topological polar surface area (TPSA) is 78.9 Å². The van der Waals surface area contributed by atoms with Crippen LogP contribution in [0, 0.1) is 0 Å². The molecule has 0 spiro atoms. The Labute approximate surface area is 191 Å². The summed E-state index contributed by atoms with van der Waals surface area (Å²) in [4.78, 5) is 25.2. The van der Waals surface area contributed by atoms with Gasteiger partial charge in [0.1, 0.15) is 18.4 Å². The first-order valence-corrected chi connectivity index (χ1v) is 9.87. The van der Waals surface area contributed by atoms with Crippen LogP contribution in [0.2, 0.25) is 0 Å². The Hall–Kier alpha value is -3.28. The van der Waals surface area contributed by atoms with Gasteiger partial charge in [-0.1, -0.05) is 12.1 Å². The Bertz CT molecular complexity index is 989. The predicted molar refractivity (Wildman–Crippen MR) is 108 cm³/mol. The van der Waals surface area contributed by atoms with Crippen LogP contribution in [0.25, 0.3) is 0 Å². The molecule has 2 unspecified atom stereocenters. The molecule has 2 aromatic carbocycles. The number of alkyl halides is 6. The van der Waals surface area contributed by atoms with E-state index < -0.39 is 53.9 Å². The van der Waals surface area contributed by atoms with Gasteiger partial charge in [-0.3, -0.25) is 14.8 Å². The second-order valence-corrected chi connectivity index (χ2v) is 7.59. The zero-order valence-electron chi connectivity index (χ0n) is 18.3. The van der Waals surface area contributed by atoms with E-state index in [1.54, 1.807) is 6.92 Å². The summed E-state index contributed by atoms with van der Waals surface area (Å²) in [7, 11) is 1.39. The van der Waals surface area contributed by atoms with E-state index in [1.165, 1.54) is 43.7 Å². The molecule has 12 heteroatoms. The van der Waals surface area contributed by atoms with Crippen molar-refractivity contribution in [1.29, 1.82) is 0 Å². The zero-order valence-corrected chi connectivity index (χ0v) is 18.3. The number of benzene rings is 2. The first-order chi connectivity index (χ1) is 15.6. The van der Waals surface area contributed by atoms with Gasteiger partial charge in [-0.25, -0.2) is 5.48 Å². The van der Waals surface area contributed by atoms with Gasteiger partial charge in [-0.15, -0.1) is 0 Å². The molecule has 0 heterocycles. The molecule has 186 valence electrons. The first kappa shape index (κ1) is 27.0. The maximum atomic E-state index is 13.0. The van der Waals surface area contributed by atoms with Gasteiger partial charge in [0, 0.05) is 7.05 Å². The van der Waals surface area contributed by atoms with Crippen molar-refractivity contribution in [2.75, 3.05) is 7.05 Å². The number of likely N-dealkylation sites (N-methyl/N-ethyl adjacent to an activating group) is 1. The lowest BCUT2D eigenvalue weighted by atomic mass is 9.99. The number of nitrogens with zero attached hydrogens (tertiary/aromatic N) is 1. The number of halogens is 6. The monoisotopic (exact) mass is 492 g/mol. The highest BCUT2D eigenvalue weighted by molar-refractivity contribution is 5.89. The molecule has 0 saturated carbocycles. The van der Waals surface area contributed by atoms with Crippen molar-refractivity contribution < 1.29 is 45.9 Å². The zero-order chi connectivity index (χ0) is 25.8. The molecular formula is C22H22F6N2O4. The minimum atomic E-state index is -4.96. The van der Waals surface area contributed by atoms with E-state index in [0.717, 1.165) is 4.90 Å². The Morgan fingerprint density at radius 2 is 1.47 bits per heavy atom. The summed E-state index contributed by atoms with van der Waals surface area (Å²) >= 11 is 0. The number of amides is 2. The molecule has 2 rings (SSSR count). The quantitative estimate of drug-likeness (QED) is 0.332. The van der Waals surface area contributed by atoms with Crippen molar-refractivity contribution in [2.24, 2.45) is 0 Å². The number of carbonyl (C=O) groups excluding carboxylic acids is 2. The molecule has 2 amide bonds. The van der Waals surface area contributed by atoms with Gasteiger partial charge in [0.25, 0.3) is 5.91 Å². The fourth-order valence-electron chi connectivity index (χ4n) is 3.03. The average molecular weight is 492 g/mol. The molecule has 0 fully saturated rings. The second-order valence-electron chi connectivity index (χ2n) is 7.59. The molecule has 2 N–H and O–H groups in total. The van der Waals surface area contributed by atoms with Gasteiger partial charge in [0.2, 0.25) is 5.91 Å². The fraction of sp³-hybridized carbons (Fsp3) is 0.364.